The quantitative estimate of drug-likeness (QED) is 0.933. The minimum absolute atomic E-state index is 0.00526. The van der Waals surface area contributed by atoms with E-state index < -0.39 is 0 Å². The summed E-state index contributed by atoms with van der Waals surface area (Å²) in [6.07, 6.45) is 5.02. The molecule has 1 saturated heterocycles. The van der Waals surface area contributed by atoms with E-state index in [9.17, 15) is 4.79 Å². The molecule has 0 aromatic heterocycles. The highest BCUT2D eigenvalue weighted by molar-refractivity contribution is 6.33. The first-order valence-corrected chi connectivity index (χ1v) is 8.02. The number of morpholine rings is 1. The highest BCUT2D eigenvalue weighted by atomic mass is 35.5. The molecule has 2 fully saturated rings. The Hall–Kier alpha value is -1.10. The average Bonchev–Trinajstić information content (AvgIpc) is 2.50. The van der Waals surface area contributed by atoms with Crippen molar-refractivity contribution in [3.63, 3.8) is 0 Å². The predicted octanol–water partition coefficient (Wildman–Crippen LogP) is 2.92. The number of anilines is 1. The Morgan fingerprint density at radius 2 is 2.14 bits per heavy atom. The zero-order valence-corrected chi connectivity index (χ0v) is 12.8. The average molecular weight is 309 g/mol. The topological polar surface area (TPSA) is 41.6 Å². The van der Waals surface area contributed by atoms with E-state index in [0.717, 1.165) is 26.0 Å². The zero-order chi connectivity index (χ0) is 14.7. The first-order valence-electron chi connectivity index (χ1n) is 7.64. The fourth-order valence-electron chi connectivity index (χ4n) is 3.31. The van der Waals surface area contributed by atoms with Crippen molar-refractivity contribution in [3.05, 3.63) is 29.3 Å². The lowest BCUT2D eigenvalue weighted by atomic mass is 9.90. The molecule has 1 heterocycles. The van der Waals surface area contributed by atoms with Gasteiger partial charge in [0.25, 0.3) is 0 Å². The van der Waals surface area contributed by atoms with E-state index in [2.05, 4.69) is 10.2 Å². The number of fused-ring (bicyclic) bond motifs is 1. The largest absolute Gasteiger partial charge is 0.375 e. The number of nitrogens with one attached hydrogen (secondary N) is 1. The van der Waals surface area contributed by atoms with Crippen LogP contribution in [0, 0.1) is 0 Å². The van der Waals surface area contributed by atoms with Gasteiger partial charge in [-0.3, -0.25) is 9.69 Å². The molecule has 4 nitrogen and oxygen atoms in total. The third-order valence-corrected chi connectivity index (χ3v) is 4.67. The number of nitrogens with zero attached hydrogens (tertiary/aromatic N) is 1. The molecule has 0 spiro atoms. The van der Waals surface area contributed by atoms with Gasteiger partial charge in [0, 0.05) is 12.6 Å². The van der Waals surface area contributed by atoms with Crippen molar-refractivity contribution >= 4 is 23.2 Å². The van der Waals surface area contributed by atoms with Crippen LogP contribution in [0.1, 0.15) is 25.7 Å². The maximum Gasteiger partial charge on any atom is 0.238 e. The first-order chi connectivity index (χ1) is 10.2. The Morgan fingerprint density at radius 1 is 1.33 bits per heavy atom. The van der Waals surface area contributed by atoms with E-state index in [1.165, 1.54) is 12.8 Å². The zero-order valence-electron chi connectivity index (χ0n) is 12.1. The van der Waals surface area contributed by atoms with Gasteiger partial charge in [-0.1, -0.05) is 36.6 Å². The third kappa shape index (κ3) is 3.57. The van der Waals surface area contributed by atoms with E-state index in [-0.39, 0.29) is 5.91 Å². The van der Waals surface area contributed by atoms with Crippen LogP contribution in [0.3, 0.4) is 0 Å². The van der Waals surface area contributed by atoms with E-state index >= 15 is 0 Å². The molecular formula is C16H21ClN2O2. The number of ether oxygens (including phenoxy) is 1. The van der Waals surface area contributed by atoms with Crippen LogP contribution in [0.25, 0.3) is 0 Å². The van der Waals surface area contributed by atoms with Crippen LogP contribution < -0.4 is 5.32 Å². The smallest absolute Gasteiger partial charge is 0.238 e. The number of benzene rings is 1. The van der Waals surface area contributed by atoms with Gasteiger partial charge >= 0.3 is 0 Å². The fourth-order valence-corrected chi connectivity index (χ4v) is 3.49. The fraction of sp³-hybridized carbons (Fsp3) is 0.562. The number of amides is 1. The molecule has 1 saturated carbocycles. The second-order valence-corrected chi connectivity index (χ2v) is 6.17. The summed E-state index contributed by atoms with van der Waals surface area (Å²) in [5.74, 6) is -0.00526. The van der Waals surface area contributed by atoms with Crippen molar-refractivity contribution in [2.75, 3.05) is 25.0 Å². The van der Waals surface area contributed by atoms with Crippen molar-refractivity contribution in [1.29, 1.82) is 0 Å². The summed E-state index contributed by atoms with van der Waals surface area (Å²) in [7, 11) is 0. The van der Waals surface area contributed by atoms with E-state index in [1.54, 1.807) is 6.07 Å². The molecule has 2 atom stereocenters. The number of carbonyl (C=O) groups excluding carboxylic acids is 1. The standard InChI is InChI=1S/C16H21ClN2O2/c17-12-5-1-2-6-13(12)18-16(20)11-19-9-10-21-15-8-4-3-7-14(15)19/h1-2,5-6,14-15H,3-4,7-11H2,(H,18,20)/t14-,15-/m1/s1. The van der Waals surface area contributed by atoms with Crippen LogP contribution in [0.2, 0.25) is 5.02 Å². The van der Waals surface area contributed by atoms with Gasteiger partial charge in [0.1, 0.15) is 0 Å². The van der Waals surface area contributed by atoms with Crippen LogP contribution in [-0.2, 0) is 9.53 Å². The number of hydrogen-bond acceptors (Lipinski definition) is 3. The van der Waals surface area contributed by atoms with Gasteiger partial charge in [0.15, 0.2) is 0 Å². The second-order valence-electron chi connectivity index (χ2n) is 5.76. The van der Waals surface area contributed by atoms with Crippen LogP contribution in [0.4, 0.5) is 5.69 Å². The molecule has 114 valence electrons. The third-order valence-electron chi connectivity index (χ3n) is 4.34. The Balaban J connectivity index is 1.60. The molecule has 3 rings (SSSR count). The molecule has 1 aliphatic carbocycles. The Kier molecular flexibility index (Phi) is 4.78. The highest BCUT2D eigenvalue weighted by Gasteiger charge is 2.34. The lowest BCUT2D eigenvalue weighted by Gasteiger charge is -2.43. The van der Waals surface area contributed by atoms with Crippen LogP contribution in [0.5, 0.6) is 0 Å². The van der Waals surface area contributed by atoms with Crippen molar-refractivity contribution in [1.82, 2.24) is 4.90 Å². The molecule has 2 aliphatic rings. The Labute approximate surface area is 130 Å². The molecule has 5 heteroatoms. The maximum absolute atomic E-state index is 12.3. The number of rotatable bonds is 3. The van der Waals surface area contributed by atoms with Gasteiger partial charge in [-0.05, 0) is 25.0 Å². The molecule has 0 radical (unpaired) electrons. The van der Waals surface area contributed by atoms with Crippen LogP contribution in [-0.4, -0.2) is 42.6 Å². The van der Waals surface area contributed by atoms with Crippen molar-refractivity contribution in [3.8, 4) is 0 Å². The molecule has 21 heavy (non-hydrogen) atoms. The van der Waals surface area contributed by atoms with Gasteiger partial charge in [-0.25, -0.2) is 0 Å². The lowest BCUT2D eigenvalue weighted by molar-refractivity contribution is -0.124. The Morgan fingerprint density at radius 3 is 3.00 bits per heavy atom. The number of halogens is 1. The molecule has 0 unspecified atom stereocenters. The van der Waals surface area contributed by atoms with Crippen molar-refractivity contribution in [2.24, 2.45) is 0 Å². The molecule has 1 aromatic carbocycles. The second kappa shape index (κ2) is 6.77. The van der Waals surface area contributed by atoms with E-state index in [4.69, 9.17) is 16.3 Å². The Bertz CT molecular complexity index is 507. The van der Waals surface area contributed by atoms with E-state index in [0.29, 0.717) is 29.4 Å². The van der Waals surface area contributed by atoms with Gasteiger partial charge in [-0.15, -0.1) is 0 Å². The summed E-state index contributed by atoms with van der Waals surface area (Å²) < 4.78 is 5.84. The number of para-hydroxylation sites is 1. The molecule has 1 aliphatic heterocycles. The lowest BCUT2D eigenvalue weighted by Crippen LogP contribution is -2.54. The molecule has 1 amide bonds. The number of carbonyl (C=O) groups is 1. The SMILES string of the molecule is O=C(CN1CCO[C@@H]2CCCC[C@H]21)Nc1ccccc1Cl. The summed E-state index contributed by atoms with van der Waals surface area (Å²) in [6, 6.07) is 7.72. The maximum atomic E-state index is 12.3. The highest BCUT2D eigenvalue weighted by Crippen LogP contribution is 2.28. The van der Waals surface area contributed by atoms with Gasteiger partial charge in [0.05, 0.1) is 30.0 Å². The molecule has 0 bridgehead atoms. The molecular weight excluding hydrogens is 288 g/mol. The summed E-state index contributed by atoms with van der Waals surface area (Å²) in [5.41, 5.74) is 0.678. The van der Waals surface area contributed by atoms with Gasteiger partial charge in [-0.2, -0.15) is 0 Å². The summed E-state index contributed by atoms with van der Waals surface area (Å²) in [4.78, 5) is 14.5. The van der Waals surface area contributed by atoms with Gasteiger partial charge in [0.2, 0.25) is 5.91 Å². The summed E-state index contributed by atoms with van der Waals surface area (Å²) in [5, 5.41) is 3.47. The predicted molar refractivity (Wildman–Crippen MR) is 83.7 cm³/mol. The van der Waals surface area contributed by atoms with Crippen LogP contribution in [0.15, 0.2) is 24.3 Å². The minimum atomic E-state index is -0.00526. The van der Waals surface area contributed by atoms with Crippen molar-refractivity contribution < 1.29 is 9.53 Å². The van der Waals surface area contributed by atoms with Crippen molar-refractivity contribution in [2.45, 2.75) is 37.8 Å². The normalized spacial score (nSPS) is 26.1. The molecule has 1 aromatic rings. The van der Waals surface area contributed by atoms with E-state index in [1.807, 2.05) is 18.2 Å². The van der Waals surface area contributed by atoms with Crippen LogP contribution >= 0.6 is 11.6 Å². The summed E-state index contributed by atoms with van der Waals surface area (Å²) in [6.45, 7) is 1.97. The minimum Gasteiger partial charge on any atom is -0.375 e. The monoisotopic (exact) mass is 308 g/mol. The molecule has 1 N–H and O–H groups in total. The summed E-state index contributed by atoms with van der Waals surface area (Å²) >= 11 is 6.07. The number of hydrogen-bond donors (Lipinski definition) is 1. The first kappa shape index (κ1) is 14.8. The van der Waals surface area contributed by atoms with Gasteiger partial charge < -0.3 is 10.1 Å².